The number of nitrogens with zero attached hydrogens (tertiary/aromatic N) is 1. The van der Waals surface area contributed by atoms with E-state index in [4.69, 9.17) is 9.15 Å². The van der Waals surface area contributed by atoms with Crippen molar-refractivity contribution in [1.82, 2.24) is 0 Å². The zero-order chi connectivity index (χ0) is 16.4. The molecule has 0 N–H and O–H groups in total. The van der Waals surface area contributed by atoms with Gasteiger partial charge in [0, 0.05) is 17.6 Å². The highest BCUT2D eigenvalue weighted by atomic mass is 16.5. The molecule has 1 aromatic heterocycles. The van der Waals surface area contributed by atoms with Crippen LogP contribution in [0.25, 0.3) is 6.08 Å². The highest BCUT2D eigenvalue weighted by Gasteiger charge is 2.36. The molecule has 116 valence electrons. The number of allylic oxidation sites excluding steroid dienone is 1. The second-order valence-electron chi connectivity index (χ2n) is 5.79. The Hall–Kier alpha value is -2.80. The summed E-state index contributed by atoms with van der Waals surface area (Å²) in [7, 11) is 1.54. The summed E-state index contributed by atoms with van der Waals surface area (Å²) in [5.74, 6) is 2.81. The highest BCUT2D eigenvalue weighted by molar-refractivity contribution is 6.14. The molecule has 0 radical (unpaired) electrons. The van der Waals surface area contributed by atoms with Crippen LogP contribution in [-0.2, 0) is 0 Å². The summed E-state index contributed by atoms with van der Waals surface area (Å²) >= 11 is 0. The lowest BCUT2D eigenvalue weighted by molar-refractivity contribution is 0.103. The minimum Gasteiger partial charge on any atom is -0.497 e. The predicted octanol–water partition coefficient (Wildman–Crippen LogP) is 4.20. The average Bonchev–Trinajstić information content (AvgIpc) is 3.13. The van der Waals surface area contributed by atoms with Crippen LogP contribution in [0.4, 0.5) is 0 Å². The lowest BCUT2D eigenvalue weighted by Crippen LogP contribution is -2.02. The third-order valence-corrected chi connectivity index (χ3v) is 4.11. The standard InChI is InChI=1S/C19H17NO3/c1-12-8-17(12)18-7-6-16(23-18)10-14(11-20)19(21)13-4-3-5-15(9-13)22-2/h3-7,9-10,12,17H,8H2,1-2H3/b14-10+/t12-,17+/m1/s1. The Morgan fingerprint density at radius 2 is 2.17 bits per heavy atom. The molecule has 2 aromatic rings. The first-order valence-corrected chi connectivity index (χ1v) is 7.52. The number of nitriles is 1. The summed E-state index contributed by atoms with van der Waals surface area (Å²) in [6.07, 6.45) is 2.63. The molecular weight excluding hydrogens is 290 g/mol. The number of hydrogen-bond acceptors (Lipinski definition) is 4. The molecule has 0 bridgehead atoms. The summed E-state index contributed by atoms with van der Waals surface area (Å²) < 4.78 is 10.8. The molecule has 1 heterocycles. The fourth-order valence-electron chi connectivity index (χ4n) is 2.57. The van der Waals surface area contributed by atoms with Gasteiger partial charge in [-0.3, -0.25) is 4.79 Å². The fourth-order valence-corrected chi connectivity index (χ4v) is 2.57. The van der Waals surface area contributed by atoms with Gasteiger partial charge in [0.15, 0.2) is 0 Å². The number of ketones is 1. The van der Waals surface area contributed by atoms with Gasteiger partial charge in [0.1, 0.15) is 28.9 Å². The third kappa shape index (κ3) is 3.19. The number of benzene rings is 1. The largest absolute Gasteiger partial charge is 0.497 e. The quantitative estimate of drug-likeness (QED) is 0.472. The first-order valence-electron chi connectivity index (χ1n) is 7.52. The van der Waals surface area contributed by atoms with Gasteiger partial charge in [-0.15, -0.1) is 0 Å². The molecular formula is C19H17NO3. The van der Waals surface area contributed by atoms with Crippen LogP contribution < -0.4 is 4.74 Å². The number of carbonyl (C=O) groups excluding carboxylic acids is 1. The van der Waals surface area contributed by atoms with Crippen LogP contribution in [0.1, 0.15) is 41.1 Å². The Bertz CT molecular complexity index is 810. The van der Waals surface area contributed by atoms with Crippen molar-refractivity contribution >= 4 is 11.9 Å². The maximum atomic E-state index is 12.5. The summed E-state index contributed by atoms with van der Waals surface area (Å²) in [5, 5.41) is 9.30. The van der Waals surface area contributed by atoms with E-state index in [0.29, 0.717) is 28.9 Å². The summed E-state index contributed by atoms with van der Waals surface area (Å²) in [6, 6.07) is 12.4. The summed E-state index contributed by atoms with van der Waals surface area (Å²) in [5.41, 5.74) is 0.461. The molecule has 0 saturated heterocycles. The average molecular weight is 307 g/mol. The Kier molecular flexibility index (Phi) is 4.03. The van der Waals surface area contributed by atoms with E-state index < -0.39 is 0 Å². The maximum absolute atomic E-state index is 12.5. The molecule has 3 rings (SSSR count). The van der Waals surface area contributed by atoms with Gasteiger partial charge in [0.05, 0.1) is 7.11 Å². The van der Waals surface area contributed by atoms with Crippen molar-refractivity contribution in [3.8, 4) is 11.8 Å². The Morgan fingerprint density at radius 3 is 2.83 bits per heavy atom. The molecule has 1 aliphatic carbocycles. The SMILES string of the molecule is COc1cccc(C(=O)/C(C#N)=C/c2ccc([C@H]3C[C@H]3C)o2)c1. The zero-order valence-corrected chi connectivity index (χ0v) is 13.1. The molecule has 0 amide bonds. The van der Waals surface area contributed by atoms with Gasteiger partial charge in [0.25, 0.3) is 0 Å². The Balaban J connectivity index is 1.85. The second kappa shape index (κ2) is 6.13. The van der Waals surface area contributed by atoms with E-state index in [-0.39, 0.29) is 11.4 Å². The number of ether oxygens (including phenoxy) is 1. The van der Waals surface area contributed by atoms with Gasteiger partial charge in [-0.25, -0.2) is 0 Å². The Labute approximate surface area is 135 Å². The van der Waals surface area contributed by atoms with E-state index in [9.17, 15) is 10.1 Å². The van der Waals surface area contributed by atoms with Crippen molar-refractivity contribution in [3.05, 3.63) is 59.1 Å². The van der Waals surface area contributed by atoms with Crippen LogP contribution in [0.2, 0.25) is 0 Å². The number of methoxy groups -OCH3 is 1. The van der Waals surface area contributed by atoms with Crippen molar-refractivity contribution in [3.63, 3.8) is 0 Å². The van der Waals surface area contributed by atoms with E-state index in [0.717, 1.165) is 12.2 Å². The fraction of sp³-hybridized carbons (Fsp3) is 0.263. The molecule has 4 heteroatoms. The number of hydrogen-bond donors (Lipinski definition) is 0. The molecule has 23 heavy (non-hydrogen) atoms. The van der Waals surface area contributed by atoms with Crippen LogP contribution in [-0.4, -0.2) is 12.9 Å². The minimum atomic E-state index is -0.343. The number of furan rings is 1. The molecule has 0 spiro atoms. The molecule has 1 aromatic carbocycles. The van der Waals surface area contributed by atoms with Gasteiger partial charge in [-0.1, -0.05) is 19.1 Å². The monoisotopic (exact) mass is 307 g/mol. The zero-order valence-electron chi connectivity index (χ0n) is 13.1. The van der Waals surface area contributed by atoms with Crippen molar-refractivity contribution < 1.29 is 13.9 Å². The normalized spacial score (nSPS) is 20.0. The van der Waals surface area contributed by atoms with Crippen LogP contribution in [0.5, 0.6) is 5.75 Å². The number of Topliss-reactive ketones (excluding diaryl/α,β-unsaturated/α-hetero) is 1. The molecule has 4 nitrogen and oxygen atoms in total. The van der Waals surface area contributed by atoms with Crippen molar-refractivity contribution in [2.75, 3.05) is 7.11 Å². The van der Waals surface area contributed by atoms with E-state index in [1.807, 2.05) is 12.1 Å². The molecule has 0 unspecified atom stereocenters. The lowest BCUT2D eigenvalue weighted by atomic mass is 10.0. The van der Waals surface area contributed by atoms with Crippen LogP contribution in [0.3, 0.4) is 0 Å². The van der Waals surface area contributed by atoms with Gasteiger partial charge in [0.2, 0.25) is 5.78 Å². The van der Waals surface area contributed by atoms with Gasteiger partial charge in [-0.05, 0) is 36.6 Å². The second-order valence-corrected chi connectivity index (χ2v) is 5.79. The van der Waals surface area contributed by atoms with E-state index in [1.165, 1.54) is 13.2 Å². The molecule has 1 aliphatic rings. The summed E-state index contributed by atoms with van der Waals surface area (Å²) in [6.45, 7) is 2.18. The van der Waals surface area contributed by atoms with Crippen molar-refractivity contribution in [2.24, 2.45) is 5.92 Å². The van der Waals surface area contributed by atoms with E-state index >= 15 is 0 Å². The van der Waals surface area contributed by atoms with E-state index in [2.05, 4.69) is 6.92 Å². The van der Waals surface area contributed by atoms with Gasteiger partial charge in [-0.2, -0.15) is 5.26 Å². The van der Waals surface area contributed by atoms with Crippen molar-refractivity contribution in [1.29, 1.82) is 5.26 Å². The van der Waals surface area contributed by atoms with Crippen LogP contribution in [0.15, 0.2) is 46.4 Å². The van der Waals surface area contributed by atoms with Crippen LogP contribution in [0, 0.1) is 17.2 Å². The van der Waals surface area contributed by atoms with Crippen molar-refractivity contribution in [2.45, 2.75) is 19.3 Å². The van der Waals surface area contributed by atoms with Gasteiger partial charge >= 0.3 is 0 Å². The summed E-state index contributed by atoms with van der Waals surface area (Å²) in [4.78, 5) is 12.5. The topological polar surface area (TPSA) is 63.2 Å². The molecule has 1 fully saturated rings. The molecule has 1 saturated carbocycles. The first-order chi connectivity index (χ1) is 11.1. The Morgan fingerprint density at radius 1 is 1.39 bits per heavy atom. The third-order valence-electron chi connectivity index (χ3n) is 4.11. The molecule has 2 atom stereocenters. The predicted molar refractivity (Wildman–Crippen MR) is 86.1 cm³/mol. The number of rotatable bonds is 5. The van der Waals surface area contributed by atoms with Crippen LogP contribution >= 0.6 is 0 Å². The van der Waals surface area contributed by atoms with Gasteiger partial charge < -0.3 is 9.15 Å². The highest BCUT2D eigenvalue weighted by Crippen LogP contribution is 2.47. The number of carbonyl (C=O) groups is 1. The smallest absolute Gasteiger partial charge is 0.203 e. The first kappa shape index (κ1) is 15.1. The molecule has 0 aliphatic heterocycles. The maximum Gasteiger partial charge on any atom is 0.203 e. The van der Waals surface area contributed by atoms with E-state index in [1.54, 1.807) is 30.3 Å². The minimum absolute atomic E-state index is 0.0444. The lowest BCUT2D eigenvalue weighted by Gasteiger charge is -2.02.